The van der Waals surface area contributed by atoms with E-state index in [1.54, 1.807) is 30.3 Å². The molecule has 1 unspecified atom stereocenters. The maximum atomic E-state index is 14.2. The van der Waals surface area contributed by atoms with Crippen molar-refractivity contribution in [2.45, 2.75) is 51.6 Å². The molecule has 1 aliphatic heterocycles. The van der Waals surface area contributed by atoms with Crippen molar-refractivity contribution in [1.82, 2.24) is 5.32 Å². The summed E-state index contributed by atoms with van der Waals surface area (Å²) in [6.45, 7) is 4.81. The number of carbonyl (C=O) groups excluding carboxylic acids is 2. The van der Waals surface area contributed by atoms with Crippen molar-refractivity contribution >= 4 is 17.5 Å². The highest BCUT2D eigenvalue weighted by molar-refractivity contribution is 6.10. The van der Waals surface area contributed by atoms with Gasteiger partial charge in [-0.2, -0.15) is 0 Å². The van der Waals surface area contributed by atoms with E-state index >= 15 is 0 Å². The summed E-state index contributed by atoms with van der Waals surface area (Å²) in [5, 5.41) is 3.15. The van der Waals surface area contributed by atoms with Gasteiger partial charge in [-0.05, 0) is 85.8 Å². The van der Waals surface area contributed by atoms with Gasteiger partial charge in [0.25, 0.3) is 5.91 Å². The van der Waals surface area contributed by atoms with E-state index in [-0.39, 0.29) is 17.9 Å². The number of fused-ring (bicyclic) bond motifs is 1. The Balaban J connectivity index is 1.62. The van der Waals surface area contributed by atoms with E-state index < -0.39 is 11.9 Å². The summed E-state index contributed by atoms with van der Waals surface area (Å²) in [5.41, 5.74) is 3.54. The summed E-state index contributed by atoms with van der Waals surface area (Å²) < 4.78 is 25.2. The van der Waals surface area contributed by atoms with Crippen molar-refractivity contribution in [2.75, 3.05) is 18.1 Å². The molecule has 5 rings (SSSR count). The first-order chi connectivity index (χ1) is 17.9. The van der Waals surface area contributed by atoms with E-state index in [0.717, 1.165) is 36.8 Å². The Kier molecular flexibility index (Phi) is 7.12. The Morgan fingerprint density at radius 3 is 2.30 bits per heavy atom. The predicted molar refractivity (Wildman–Crippen MR) is 140 cm³/mol. The monoisotopic (exact) mass is 502 g/mol. The molecular formula is C30H31FN2O4. The van der Waals surface area contributed by atoms with E-state index in [0.29, 0.717) is 41.5 Å². The van der Waals surface area contributed by atoms with E-state index in [2.05, 4.69) is 5.32 Å². The zero-order valence-corrected chi connectivity index (χ0v) is 21.1. The van der Waals surface area contributed by atoms with Gasteiger partial charge in [0.15, 0.2) is 11.5 Å². The lowest BCUT2D eigenvalue weighted by atomic mass is 9.99. The molecular weight excluding hydrogens is 471 g/mol. The second kappa shape index (κ2) is 10.6. The standard InChI is InChI=1S/C30H31FN2O4/c1-19-7-13-25(17-20(19)2)33(30(35)22-10-14-26-27(18-22)37-16-15-36-26)28(21-8-11-23(31)12-9-21)29(34)32-24-5-3-4-6-24/h7-14,17-18,24,28H,3-6,15-16H2,1-2H3,(H,32,34). The molecule has 0 saturated heterocycles. The first-order valence-corrected chi connectivity index (χ1v) is 12.8. The highest BCUT2D eigenvalue weighted by Crippen LogP contribution is 2.35. The van der Waals surface area contributed by atoms with Gasteiger partial charge in [-0.25, -0.2) is 4.39 Å². The van der Waals surface area contributed by atoms with Crippen molar-refractivity contribution in [1.29, 1.82) is 0 Å². The van der Waals surface area contributed by atoms with Gasteiger partial charge in [0.2, 0.25) is 5.91 Å². The lowest BCUT2D eigenvalue weighted by Gasteiger charge is -2.33. The quantitative estimate of drug-likeness (QED) is 0.472. The molecule has 0 bridgehead atoms. The van der Waals surface area contributed by atoms with Crippen molar-refractivity contribution in [3.8, 4) is 11.5 Å². The Morgan fingerprint density at radius 1 is 0.892 bits per heavy atom. The molecule has 3 aromatic rings. The SMILES string of the molecule is Cc1ccc(N(C(=O)c2ccc3c(c2)OCCO3)C(C(=O)NC2CCCC2)c2ccc(F)cc2)cc1C. The molecule has 37 heavy (non-hydrogen) atoms. The fourth-order valence-corrected chi connectivity index (χ4v) is 4.99. The molecule has 1 N–H and O–H groups in total. The van der Waals surface area contributed by atoms with Gasteiger partial charge < -0.3 is 14.8 Å². The van der Waals surface area contributed by atoms with E-state index in [1.165, 1.54) is 17.0 Å². The van der Waals surface area contributed by atoms with Crippen LogP contribution in [0.25, 0.3) is 0 Å². The van der Waals surface area contributed by atoms with Crippen LogP contribution in [-0.2, 0) is 4.79 Å². The molecule has 0 aromatic heterocycles. The number of carbonyl (C=O) groups is 2. The first kappa shape index (κ1) is 24.8. The molecule has 1 saturated carbocycles. The topological polar surface area (TPSA) is 67.9 Å². The fourth-order valence-electron chi connectivity index (χ4n) is 4.99. The minimum Gasteiger partial charge on any atom is -0.486 e. The molecule has 0 spiro atoms. The second-order valence-electron chi connectivity index (χ2n) is 9.75. The summed E-state index contributed by atoms with van der Waals surface area (Å²) in [6.07, 6.45) is 3.93. The lowest BCUT2D eigenvalue weighted by Crippen LogP contribution is -2.46. The van der Waals surface area contributed by atoms with Gasteiger partial charge in [0, 0.05) is 17.3 Å². The van der Waals surface area contributed by atoms with Crippen LogP contribution in [-0.4, -0.2) is 31.1 Å². The number of ether oxygens (including phenoxy) is 2. The van der Waals surface area contributed by atoms with Gasteiger partial charge in [0.05, 0.1) is 0 Å². The number of aryl methyl sites for hydroxylation is 2. The summed E-state index contributed by atoms with van der Waals surface area (Å²) >= 11 is 0. The Labute approximate surface area is 216 Å². The minimum absolute atomic E-state index is 0.0569. The number of hydrogen-bond donors (Lipinski definition) is 1. The van der Waals surface area contributed by atoms with Gasteiger partial charge in [-0.3, -0.25) is 14.5 Å². The summed E-state index contributed by atoms with van der Waals surface area (Å²) in [4.78, 5) is 29.6. The van der Waals surface area contributed by atoms with Gasteiger partial charge in [-0.15, -0.1) is 0 Å². The van der Waals surface area contributed by atoms with Gasteiger partial charge in [-0.1, -0.05) is 31.0 Å². The molecule has 2 amide bonds. The number of benzene rings is 3. The Bertz CT molecular complexity index is 1300. The molecule has 3 aromatic carbocycles. The Hall–Kier alpha value is -3.87. The maximum Gasteiger partial charge on any atom is 0.259 e. The predicted octanol–water partition coefficient (Wildman–Crippen LogP) is 5.66. The summed E-state index contributed by atoms with van der Waals surface area (Å²) in [5.74, 6) is 0.00816. The van der Waals surface area contributed by atoms with Crippen molar-refractivity contribution in [3.05, 3.63) is 88.7 Å². The molecule has 0 radical (unpaired) electrons. The zero-order chi connectivity index (χ0) is 25.9. The molecule has 1 aliphatic carbocycles. The summed E-state index contributed by atoms with van der Waals surface area (Å²) in [6, 6.07) is 15.6. The third-order valence-electron chi connectivity index (χ3n) is 7.17. The Morgan fingerprint density at radius 2 is 1.59 bits per heavy atom. The molecule has 6 nitrogen and oxygen atoms in total. The van der Waals surface area contributed by atoms with Crippen molar-refractivity contribution in [3.63, 3.8) is 0 Å². The van der Waals surface area contributed by atoms with Crippen molar-refractivity contribution < 1.29 is 23.5 Å². The normalized spacial score (nSPS) is 15.8. The highest BCUT2D eigenvalue weighted by Gasteiger charge is 2.35. The van der Waals surface area contributed by atoms with E-state index in [9.17, 15) is 14.0 Å². The highest BCUT2D eigenvalue weighted by atomic mass is 19.1. The largest absolute Gasteiger partial charge is 0.486 e. The second-order valence-corrected chi connectivity index (χ2v) is 9.75. The number of hydrogen-bond acceptors (Lipinski definition) is 4. The number of nitrogens with one attached hydrogen (secondary N) is 1. The lowest BCUT2D eigenvalue weighted by molar-refractivity contribution is -0.123. The number of amides is 2. The summed E-state index contributed by atoms with van der Waals surface area (Å²) in [7, 11) is 0. The third-order valence-corrected chi connectivity index (χ3v) is 7.17. The van der Waals surface area contributed by atoms with Gasteiger partial charge >= 0.3 is 0 Å². The van der Waals surface area contributed by atoms with Crippen LogP contribution >= 0.6 is 0 Å². The van der Waals surface area contributed by atoms with Crippen LogP contribution in [0.5, 0.6) is 11.5 Å². The van der Waals surface area contributed by atoms with E-state index in [1.807, 2.05) is 32.0 Å². The number of halogens is 1. The van der Waals surface area contributed by atoms with Crippen LogP contribution in [0.1, 0.15) is 58.8 Å². The number of rotatable bonds is 6. The van der Waals surface area contributed by atoms with Crippen LogP contribution in [0.15, 0.2) is 60.7 Å². The fraction of sp³-hybridized carbons (Fsp3) is 0.333. The van der Waals surface area contributed by atoms with Crippen LogP contribution < -0.4 is 19.7 Å². The zero-order valence-electron chi connectivity index (χ0n) is 21.1. The maximum absolute atomic E-state index is 14.2. The smallest absolute Gasteiger partial charge is 0.259 e. The molecule has 2 aliphatic rings. The van der Waals surface area contributed by atoms with Crippen LogP contribution in [0.2, 0.25) is 0 Å². The first-order valence-electron chi connectivity index (χ1n) is 12.8. The molecule has 1 fully saturated rings. The molecule has 7 heteroatoms. The van der Waals surface area contributed by atoms with Crippen LogP contribution in [0.3, 0.4) is 0 Å². The number of anilines is 1. The molecule has 1 heterocycles. The van der Waals surface area contributed by atoms with Crippen LogP contribution in [0, 0.1) is 19.7 Å². The number of nitrogens with zero attached hydrogens (tertiary/aromatic N) is 1. The minimum atomic E-state index is -0.996. The van der Waals surface area contributed by atoms with Gasteiger partial charge in [0.1, 0.15) is 25.1 Å². The average Bonchev–Trinajstić information content (AvgIpc) is 3.42. The molecule has 192 valence electrons. The van der Waals surface area contributed by atoms with Crippen molar-refractivity contribution in [2.24, 2.45) is 0 Å². The van der Waals surface area contributed by atoms with Crippen LogP contribution in [0.4, 0.5) is 10.1 Å². The van der Waals surface area contributed by atoms with E-state index in [4.69, 9.17) is 9.47 Å². The average molecular weight is 503 g/mol. The third kappa shape index (κ3) is 5.31. The molecule has 1 atom stereocenters.